The molecule has 0 spiro atoms. The zero-order chi connectivity index (χ0) is 20.3. The summed E-state index contributed by atoms with van der Waals surface area (Å²) in [6, 6.07) is 14.4. The van der Waals surface area contributed by atoms with Crippen LogP contribution in [0.2, 0.25) is 0 Å². The van der Waals surface area contributed by atoms with Crippen molar-refractivity contribution in [2.75, 3.05) is 0 Å². The molecule has 0 radical (unpaired) electrons. The first-order valence-electron chi connectivity index (χ1n) is 10.6. The van der Waals surface area contributed by atoms with Crippen LogP contribution in [0.3, 0.4) is 0 Å². The van der Waals surface area contributed by atoms with E-state index in [1.165, 1.54) is 19.3 Å². The Morgan fingerprint density at radius 2 is 1.87 bits per heavy atom. The molecule has 0 unspecified atom stereocenters. The highest BCUT2D eigenvalue weighted by Gasteiger charge is 2.20. The number of aromatic nitrogens is 4. The minimum Gasteiger partial charge on any atom is -0.349 e. The maximum Gasteiger partial charge on any atom is 0.255 e. The molecule has 152 valence electrons. The second kappa shape index (κ2) is 8.14. The lowest BCUT2D eigenvalue weighted by Crippen LogP contribution is -2.36. The van der Waals surface area contributed by atoms with Gasteiger partial charge < -0.3 is 9.88 Å². The normalized spacial score (nSPS) is 14.8. The van der Waals surface area contributed by atoms with Gasteiger partial charge in [-0.3, -0.25) is 9.78 Å². The van der Waals surface area contributed by atoms with Crippen molar-refractivity contribution in [2.45, 2.75) is 44.7 Å². The van der Waals surface area contributed by atoms with Gasteiger partial charge in [0.2, 0.25) is 0 Å². The van der Waals surface area contributed by atoms with Crippen LogP contribution in [-0.4, -0.2) is 31.3 Å². The highest BCUT2D eigenvalue weighted by atomic mass is 16.1. The van der Waals surface area contributed by atoms with E-state index in [9.17, 15) is 4.79 Å². The summed E-state index contributed by atoms with van der Waals surface area (Å²) >= 11 is 0. The van der Waals surface area contributed by atoms with E-state index in [-0.39, 0.29) is 11.9 Å². The first kappa shape index (κ1) is 18.6. The van der Waals surface area contributed by atoms with E-state index >= 15 is 0 Å². The second-order valence-electron chi connectivity index (χ2n) is 7.97. The number of amides is 1. The number of nitrogens with one attached hydrogen (secondary N) is 1. The quantitative estimate of drug-likeness (QED) is 0.543. The highest BCUT2D eigenvalue weighted by molar-refractivity contribution is 6.05. The van der Waals surface area contributed by atoms with Crippen LogP contribution in [0.1, 0.15) is 48.0 Å². The van der Waals surface area contributed by atoms with Gasteiger partial charge in [-0.05, 0) is 48.7 Å². The van der Waals surface area contributed by atoms with Crippen LogP contribution in [0, 0.1) is 0 Å². The lowest BCUT2D eigenvalue weighted by Gasteiger charge is -2.22. The van der Waals surface area contributed by atoms with Gasteiger partial charge in [-0.1, -0.05) is 31.4 Å². The van der Waals surface area contributed by atoms with Crippen molar-refractivity contribution in [3.05, 3.63) is 78.4 Å². The Hall–Kier alpha value is -3.41. The highest BCUT2D eigenvalue weighted by Crippen LogP contribution is 2.23. The first-order chi connectivity index (χ1) is 14.8. The molecule has 3 heterocycles. The van der Waals surface area contributed by atoms with E-state index < -0.39 is 0 Å². The number of carbonyl (C=O) groups excluding carboxylic acids is 1. The average molecular weight is 399 g/mol. The summed E-state index contributed by atoms with van der Waals surface area (Å²) in [6.07, 6.45) is 13.2. The Bertz CT molecular complexity index is 1140. The van der Waals surface area contributed by atoms with Crippen molar-refractivity contribution in [2.24, 2.45) is 0 Å². The Morgan fingerprint density at radius 3 is 2.63 bits per heavy atom. The smallest absolute Gasteiger partial charge is 0.255 e. The van der Waals surface area contributed by atoms with Crippen LogP contribution < -0.4 is 5.32 Å². The predicted octanol–water partition coefficient (Wildman–Crippen LogP) is 4.33. The summed E-state index contributed by atoms with van der Waals surface area (Å²) in [4.78, 5) is 17.5. The molecule has 0 saturated heterocycles. The van der Waals surface area contributed by atoms with Crippen LogP contribution >= 0.6 is 0 Å². The molecule has 1 aromatic carbocycles. The predicted molar refractivity (Wildman–Crippen MR) is 117 cm³/mol. The number of hydrogen-bond acceptors (Lipinski definition) is 3. The Labute approximate surface area is 175 Å². The van der Waals surface area contributed by atoms with Gasteiger partial charge in [-0.25, -0.2) is 4.68 Å². The summed E-state index contributed by atoms with van der Waals surface area (Å²) < 4.78 is 3.95. The van der Waals surface area contributed by atoms with Gasteiger partial charge in [0.1, 0.15) is 5.52 Å². The molecule has 6 heteroatoms. The summed E-state index contributed by atoms with van der Waals surface area (Å²) in [7, 11) is 0. The number of hydrogen-bond donors (Lipinski definition) is 1. The second-order valence-corrected chi connectivity index (χ2v) is 7.97. The summed E-state index contributed by atoms with van der Waals surface area (Å²) in [5.41, 5.74) is 4.58. The lowest BCUT2D eigenvalue weighted by molar-refractivity contribution is 0.0929. The molecule has 1 aliphatic rings. The number of carbonyl (C=O) groups is 1. The van der Waals surface area contributed by atoms with Gasteiger partial charge in [0, 0.05) is 37.4 Å². The monoisotopic (exact) mass is 399 g/mol. The molecule has 1 fully saturated rings. The van der Waals surface area contributed by atoms with Gasteiger partial charge in [-0.2, -0.15) is 5.10 Å². The minimum atomic E-state index is -0.0154. The largest absolute Gasteiger partial charge is 0.349 e. The van der Waals surface area contributed by atoms with Crippen molar-refractivity contribution in [1.82, 2.24) is 24.6 Å². The van der Waals surface area contributed by atoms with Crippen LogP contribution in [-0.2, 0) is 6.54 Å². The molecule has 1 saturated carbocycles. The molecule has 1 N–H and O–H groups in total. The molecule has 0 aliphatic heterocycles. The maximum atomic E-state index is 13.0. The fourth-order valence-corrected chi connectivity index (χ4v) is 4.30. The molecular weight excluding hydrogens is 374 g/mol. The Kier molecular flexibility index (Phi) is 5.05. The fraction of sp³-hybridized carbons (Fsp3) is 0.292. The molecule has 1 aliphatic carbocycles. The van der Waals surface area contributed by atoms with Crippen molar-refractivity contribution in [3.8, 4) is 5.69 Å². The van der Waals surface area contributed by atoms with E-state index in [1.807, 2.05) is 35.3 Å². The van der Waals surface area contributed by atoms with Gasteiger partial charge in [0.15, 0.2) is 0 Å². The number of pyridine rings is 1. The van der Waals surface area contributed by atoms with E-state index in [0.29, 0.717) is 12.1 Å². The van der Waals surface area contributed by atoms with E-state index in [4.69, 9.17) is 0 Å². The number of nitrogens with zero attached hydrogens (tertiary/aromatic N) is 4. The van der Waals surface area contributed by atoms with Crippen LogP contribution in [0.4, 0.5) is 0 Å². The van der Waals surface area contributed by atoms with E-state index in [1.54, 1.807) is 12.4 Å². The van der Waals surface area contributed by atoms with Crippen molar-refractivity contribution in [3.63, 3.8) is 0 Å². The topological polar surface area (TPSA) is 64.7 Å². The zero-order valence-electron chi connectivity index (χ0n) is 16.9. The molecule has 30 heavy (non-hydrogen) atoms. The summed E-state index contributed by atoms with van der Waals surface area (Å²) in [5.74, 6) is -0.0154. The number of fused-ring (bicyclic) bond motifs is 1. The van der Waals surface area contributed by atoms with Gasteiger partial charge in [-0.15, -0.1) is 0 Å². The Morgan fingerprint density at radius 1 is 1.03 bits per heavy atom. The molecule has 6 nitrogen and oxygen atoms in total. The number of benzene rings is 1. The van der Waals surface area contributed by atoms with Crippen molar-refractivity contribution < 1.29 is 4.79 Å². The standard InChI is InChI=1S/C24H25N5O/c30-24(27-19-6-2-1-3-7-19)21-17-28(22-8-4-13-25-23(21)22)16-18-9-11-20(12-10-18)29-15-5-14-26-29/h4-5,8-15,17,19H,1-3,6-7,16H2,(H,27,30). The van der Waals surface area contributed by atoms with Gasteiger partial charge >= 0.3 is 0 Å². The molecule has 0 atom stereocenters. The van der Waals surface area contributed by atoms with Crippen LogP contribution in [0.25, 0.3) is 16.7 Å². The van der Waals surface area contributed by atoms with Gasteiger partial charge in [0.05, 0.1) is 16.8 Å². The third-order valence-corrected chi connectivity index (χ3v) is 5.88. The number of rotatable bonds is 5. The molecule has 3 aromatic heterocycles. The average Bonchev–Trinajstić information content (AvgIpc) is 3.44. The Balaban J connectivity index is 1.40. The maximum absolute atomic E-state index is 13.0. The molecule has 4 aromatic rings. The first-order valence-corrected chi connectivity index (χ1v) is 10.6. The van der Waals surface area contributed by atoms with E-state index in [0.717, 1.165) is 35.1 Å². The summed E-state index contributed by atoms with van der Waals surface area (Å²) in [5, 5.41) is 7.50. The van der Waals surface area contributed by atoms with E-state index in [2.05, 4.69) is 44.2 Å². The van der Waals surface area contributed by atoms with Crippen molar-refractivity contribution >= 4 is 16.9 Å². The zero-order valence-corrected chi connectivity index (χ0v) is 16.9. The molecule has 0 bridgehead atoms. The lowest BCUT2D eigenvalue weighted by atomic mass is 9.95. The SMILES string of the molecule is O=C(NC1CCCCC1)c1cn(Cc2ccc(-n3cccn3)cc2)c2cccnc12. The van der Waals surface area contributed by atoms with Crippen LogP contribution in [0.5, 0.6) is 0 Å². The van der Waals surface area contributed by atoms with Crippen molar-refractivity contribution in [1.29, 1.82) is 0 Å². The fourth-order valence-electron chi connectivity index (χ4n) is 4.30. The molecule has 5 rings (SSSR count). The third-order valence-electron chi connectivity index (χ3n) is 5.88. The van der Waals surface area contributed by atoms with Gasteiger partial charge in [0.25, 0.3) is 5.91 Å². The molecular formula is C24H25N5O. The minimum absolute atomic E-state index is 0.0154. The summed E-state index contributed by atoms with van der Waals surface area (Å²) in [6.45, 7) is 0.679. The molecule has 1 amide bonds. The van der Waals surface area contributed by atoms with Crippen LogP contribution in [0.15, 0.2) is 67.3 Å². The third kappa shape index (κ3) is 3.73.